The SMILES string of the molecule is CCCCCNC(=O)CC1C(=O)NNC1=O. The molecule has 16 heavy (non-hydrogen) atoms. The van der Waals surface area contributed by atoms with Crippen LogP contribution in [0.5, 0.6) is 0 Å². The second kappa shape index (κ2) is 6.09. The lowest BCUT2D eigenvalue weighted by atomic mass is 10.1. The number of hydrogen-bond donors (Lipinski definition) is 3. The second-order valence-corrected chi connectivity index (χ2v) is 3.79. The summed E-state index contributed by atoms with van der Waals surface area (Å²) in [5, 5.41) is 2.69. The molecule has 3 amide bonds. The zero-order valence-electron chi connectivity index (χ0n) is 9.34. The van der Waals surface area contributed by atoms with Crippen LogP contribution in [0.2, 0.25) is 0 Å². The van der Waals surface area contributed by atoms with Gasteiger partial charge < -0.3 is 5.32 Å². The maximum absolute atomic E-state index is 11.4. The standard InChI is InChI=1S/C10H17N3O3/c1-2-3-4-5-11-8(14)6-7-9(15)12-13-10(7)16/h7H,2-6H2,1H3,(H,11,14)(H,12,15)(H,13,16). The third-order valence-corrected chi connectivity index (χ3v) is 2.43. The molecule has 1 heterocycles. The molecule has 0 unspecified atom stereocenters. The number of nitrogens with one attached hydrogen (secondary N) is 3. The van der Waals surface area contributed by atoms with Gasteiger partial charge in [-0.15, -0.1) is 0 Å². The maximum Gasteiger partial charge on any atom is 0.251 e. The van der Waals surface area contributed by atoms with E-state index >= 15 is 0 Å². The van der Waals surface area contributed by atoms with Crippen molar-refractivity contribution in [3.8, 4) is 0 Å². The molecule has 3 N–H and O–H groups in total. The Morgan fingerprint density at radius 2 is 1.88 bits per heavy atom. The Balaban J connectivity index is 2.23. The topological polar surface area (TPSA) is 87.3 Å². The van der Waals surface area contributed by atoms with Crippen LogP contribution >= 0.6 is 0 Å². The quantitative estimate of drug-likeness (QED) is 0.420. The van der Waals surface area contributed by atoms with Crippen molar-refractivity contribution in [2.24, 2.45) is 5.92 Å². The summed E-state index contributed by atoms with van der Waals surface area (Å²) in [5.41, 5.74) is 4.37. The molecular formula is C10H17N3O3. The average molecular weight is 227 g/mol. The van der Waals surface area contributed by atoms with Gasteiger partial charge in [0.1, 0.15) is 5.92 Å². The Hall–Kier alpha value is -1.59. The molecule has 0 spiro atoms. The fourth-order valence-corrected chi connectivity index (χ4v) is 1.46. The molecule has 0 radical (unpaired) electrons. The number of unbranched alkanes of at least 4 members (excludes halogenated alkanes) is 2. The van der Waals surface area contributed by atoms with Gasteiger partial charge in [-0.25, -0.2) is 0 Å². The Kier molecular flexibility index (Phi) is 4.75. The van der Waals surface area contributed by atoms with Crippen LogP contribution in [0.1, 0.15) is 32.6 Å². The van der Waals surface area contributed by atoms with Crippen LogP contribution in [0.3, 0.4) is 0 Å². The van der Waals surface area contributed by atoms with Gasteiger partial charge in [-0.05, 0) is 6.42 Å². The Morgan fingerprint density at radius 1 is 1.25 bits per heavy atom. The van der Waals surface area contributed by atoms with Gasteiger partial charge in [0.2, 0.25) is 5.91 Å². The van der Waals surface area contributed by atoms with Gasteiger partial charge in [0, 0.05) is 13.0 Å². The molecule has 0 aromatic carbocycles. The Labute approximate surface area is 94.1 Å². The summed E-state index contributed by atoms with van der Waals surface area (Å²) in [5.74, 6) is -2.01. The highest BCUT2D eigenvalue weighted by molar-refractivity contribution is 6.07. The van der Waals surface area contributed by atoms with Crippen LogP contribution in [0.15, 0.2) is 0 Å². The van der Waals surface area contributed by atoms with E-state index in [2.05, 4.69) is 23.1 Å². The van der Waals surface area contributed by atoms with E-state index < -0.39 is 17.7 Å². The smallest absolute Gasteiger partial charge is 0.251 e. The molecule has 0 aromatic rings. The number of carbonyl (C=O) groups excluding carboxylic acids is 3. The third kappa shape index (κ3) is 3.52. The highest BCUT2D eigenvalue weighted by atomic mass is 16.2. The molecular weight excluding hydrogens is 210 g/mol. The fraction of sp³-hybridized carbons (Fsp3) is 0.700. The zero-order chi connectivity index (χ0) is 12.0. The zero-order valence-corrected chi connectivity index (χ0v) is 9.34. The van der Waals surface area contributed by atoms with Gasteiger partial charge in [0.25, 0.3) is 11.8 Å². The molecule has 1 fully saturated rings. The van der Waals surface area contributed by atoms with Crippen molar-refractivity contribution < 1.29 is 14.4 Å². The van der Waals surface area contributed by atoms with Crippen LogP contribution in [-0.4, -0.2) is 24.3 Å². The van der Waals surface area contributed by atoms with E-state index in [0.29, 0.717) is 6.54 Å². The molecule has 1 saturated heterocycles. The van der Waals surface area contributed by atoms with E-state index in [4.69, 9.17) is 0 Å². The van der Waals surface area contributed by atoms with Crippen molar-refractivity contribution in [2.75, 3.05) is 6.54 Å². The summed E-state index contributed by atoms with van der Waals surface area (Å²) < 4.78 is 0. The Morgan fingerprint density at radius 3 is 2.44 bits per heavy atom. The highest BCUT2D eigenvalue weighted by Gasteiger charge is 2.34. The lowest BCUT2D eigenvalue weighted by molar-refractivity contribution is -0.133. The molecule has 0 aliphatic carbocycles. The number of amides is 3. The summed E-state index contributed by atoms with van der Waals surface area (Å²) in [6.45, 7) is 2.68. The lowest BCUT2D eigenvalue weighted by Crippen LogP contribution is -2.30. The minimum Gasteiger partial charge on any atom is -0.356 e. The first-order valence-corrected chi connectivity index (χ1v) is 5.51. The summed E-state index contributed by atoms with van der Waals surface area (Å²) in [4.78, 5) is 33.6. The molecule has 0 bridgehead atoms. The first-order chi connectivity index (χ1) is 7.65. The number of hydrazine groups is 1. The van der Waals surface area contributed by atoms with E-state index in [-0.39, 0.29) is 12.3 Å². The molecule has 1 aliphatic heterocycles. The number of rotatable bonds is 6. The van der Waals surface area contributed by atoms with Crippen LogP contribution in [0.4, 0.5) is 0 Å². The molecule has 90 valence electrons. The van der Waals surface area contributed by atoms with E-state index in [1.54, 1.807) is 0 Å². The van der Waals surface area contributed by atoms with Crippen molar-refractivity contribution in [3.05, 3.63) is 0 Å². The summed E-state index contributed by atoms with van der Waals surface area (Å²) in [7, 11) is 0. The Bertz CT molecular complexity index is 275. The molecule has 0 aromatic heterocycles. The summed E-state index contributed by atoms with van der Waals surface area (Å²) >= 11 is 0. The van der Waals surface area contributed by atoms with Gasteiger partial charge in [-0.2, -0.15) is 0 Å². The molecule has 6 nitrogen and oxygen atoms in total. The lowest BCUT2D eigenvalue weighted by Gasteiger charge is -2.06. The first kappa shape index (κ1) is 12.5. The maximum atomic E-state index is 11.4. The van der Waals surface area contributed by atoms with E-state index in [9.17, 15) is 14.4 Å². The average Bonchev–Trinajstić information content (AvgIpc) is 2.56. The second-order valence-electron chi connectivity index (χ2n) is 3.79. The van der Waals surface area contributed by atoms with Crippen molar-refractivity contribution in [2.45, 2.75) is 32.6 Å². The number of hydrogen-bond acceptors (Lipinski definition) is 3. The monoisotopic (exact) mass is 227 g/mol. The number of carbonyl (C=O) groups is 3. The minimum absolute atomic E-state index is 0.0796. The normalized spacial score (nSPS) is 15.8. The summed E-state index contributed by atoms with van der Waals surface area (Å²) in [6.07, 6.45) is 2.99. The van der Waals surface area contributed by atoms with Crippen LogP contribution in [-0.2, 0) is 14.4 Å². The highest BCUT2D eigenvalue weighted by Crippen LogP contribution is 2.07. The molecule has 6 heteroatoms. The predicted octanol–water partition coefficient (Wildman–Crippen LogP) is -0.540. The van der Waals surface area contributed by atoms with Crippen molar-refractivity contribution in [1.82, 2.24) is 16.2 Å². The van der Waals surface area contributed by atoms with E-state index in [1.165, 1.54) is 0 Å². The van der Waals surface area contributed by atoms with Crippen molar-refractivity contribution in [1.29, 1.82) is 0 Å². The van der Waals surface area contributed by atoms with Crippen LogP contribution in [0.25, 0.3) is 0 Å². The molecule has 1 aliphatic rings. The van der Waals surface area contributed by atoms with E-state index in [0.717, 1.165) is 19.3 Å². The summed E-state index contributed by atoms with van der Waals surface area (Å²) in [6, 6.07) is 0. The van der Waals surface area contributed by atoms with Gasteiger partial charge in [0.15, 0.2) is 0 Å². The molecule has 1 rings (SSSR count). The van der Waals surface area contributed by atoms with Gasteiger partial charge >= 0.3 is 0 Å². The fourth-order valence-electron chi connectivity index (χ4n) is 1.46. The third-order valence-electron chi connectivity index (χ3n) is 2.43. The van der Waals surface area contributed by atoms with Crippen molar-refractivity contribution in [3.63, 3.8) is 0 Å². The largest absolute Gasteiger partial charge is 0.356 e. The van der Waals surface area contributed by atoms with Gasteiger partial charge in [-0.3, -0.25) is 25.2 Å². The van der Waals surface area contributed by atoms with Crippen LogP contribution in [0, 0.1) is 5.92 Å². The first-order valence-electron chi connectivity index (χ1n) is 5.51. The van der Waals surface area contributed by atoms with Gasteiger partial charge in [0.05, 0.1) is 0 Å². The molecule has 0 atom stereocenters. The molecule has 0 saturated carbocycles. The predicted molar refractivity (Wildman–Crippen MR) is 56.9 cm³/mol. The van der Waals surface area contributed by atoms with E-state index in [1.807, 2.05) is 0 Å². The van der Waals surface area contributed by atoms with Crippen molar-refractivity contribution >= 4 is 17.7 Å². The van der Waals surface area contributed by atoms with Gasteiger partial charge in [-0.1, -0.05) is 19.8 Å². The van der Waals surface area contributed by atoms with Crippen LogP contribution < -0.4 is 16.2 Å². The minimum atomic E-state index is -0.883.